The highest BCUT2D eigenvalue weighted by Gasteiger charge is 2.16. The number of amides is 1. The molecule has 0 heterocycles. The van der Waals surface area contributed by atoms with Crippen molar-refractivity contribution in [2.24, 2.45) is 5.84 Å². The standard InChI is InChI=1S/C14H12F3N3O/c1-7-2-3-11(20-18)9(4-7)14(21)19-12-6-8(15)5-10(16)13(12)17/h2-6,20H,18H2,1H3,(H,19,21). The average molecular weight is 295 g/mol. The summed E-state index contributed by atoms with van der Waals surface area (Å²) >= 11 is 0. The van der Waals surface area contributed by atoms with Gasteiger partial charge in [-0.25, -0.2) is 13.2 Å². The summed E-state index contributed by atoms with van der Waals surface area (Å²) in [5.41, 5.74) is 2.94. The van der Waals surface area contributed by atoms with Crippen molar-refractivity contribution in [1.82, 2.24) is 0 Å². The van der Waals surface area contributed by atoms with Crippen LogP contribution in [0.2, 0.25) is 0 Å². The van der Waals surface area contributed by atoms with Crippen molar-refractivity contribution in [2.75, 3.05) is 10.7 Å². The van der Waals surface area contributed by atoms with E-state index in [-0.39, 0.29) is 5.56 Å². The predicted molar refractivity (Wildman–Crippen MR) is 73.3 cm³/mol. The van der Waals surface area contributed by atoms with E-state index in [1.165, 1.54) is 6.07 Å². The molecule has 2 aromatic rings. The summed E-state index contributed by atoms with van der Waals surface area (Å²) in [5, 5.41) is 2.12. The quantitative estimate of drug-likeness (QED) is 0.463. The molecule has 0 aliphatic carbocycles. The molecule has 0 bridgehead atoms. The van der Waals surface area contributed by atoms with Gasteiger partial charge in [-0.1, -0.05) is 11.6 Å². The smallest absolute Gasteiger partial charge is 0.257 e. The van der Waals surface area contributed by atoms with E-state index in [4.69, 9.17) is 5.84 Å². The molecule has 0 aliphatic heterocycles. The lowest BCUT2D eigenvalue weighted by Crippen LogP contribution is -2.18. The van der Waals surface area contributed by atoms with Crippen molar-refractivity contribution in [3.63, 3.8) is 0 Å². The zero-order valence-corrected chi connectivity index (χ0v) is 11.0. The Balaban J connectivity index is 2.37. The Morgan fingerprint density at radius 2 is 1.81 bits per heavy atom. The number of hydrogen-bond acceptors (Lipinski definition) is 3. The highest BCUT2D eigenvalue weighted by molar-refractivity contribution is 6.08. The highest BCUT2D eigenvalue weighted by atomic mass is 19.2. The van der Waals surface area contributed by atoms with Crippen LogP contribution in [-0.2, 0) is 0 Å². The Morgan fingerprint density at radius 3 is 2.48 bits per heavy atom. The molecule has 0 saturated heterocycles. The minimum Gasteiger partial charge on any atom is -0.323 e. The first-order chi connectivity index (χ1) is 9.92. The van der Waals surface area contributed by atoms with E-state index >= 15 is 0 Å². The third-order valence-corrected chi connectivity index (χ3v) is 2.82. The molecule has 4 N–H and O–H groups in total. The molecule has 0 fully saturated rings. The van der Waals surface area contributed by atoms with E-state index in [9.17, 15) is 18.0 Å². The maximum absolute atomic E-state index is 13.5. The first kappa shape index (κ1) is 14.9. The van der Waals surface area contributed by atoms with Gasteiger partial charge in [-0.2, -0.15) is 0 Å². The van der Waals surface area contributed by atoms with Crippen molar-refractivity contribution in [3.05, 3.63) is 58.9 Å². The Hall–Kier alpha value is -2.54. The minimum atomic E-state index is -1.38. The van der Waals surface area contributed by atoms with Gasteiger partial charge in [-0.15, -0.1) is 0 Å². The number of nitrogen functional groups attached to an aromatic ring is 1. The lowest BCUT2D eigenvalue weighted by Gasteiger charge is -2.11. The molecule has 0 unspecified atom stereocenters. The third kappa shape index (κ3) is 3.14. The van der Waals surface area contributed by atoms with Crippen molar-refractivity contribution < 1.29 is 18.0 Å². The molecule has 110 valence electrons. The molecular weight excluding hydrogens is 283 g/mol. The van der Waals surface area contributed by atoms with E-state index < -0.39 is 29.0 Å². The number of nitrogens with one attached hydrogen (secondary N) is 2. The maximum atomic E-state index is 13.5. The number of nitrogens with two attached hydrogens (primary N) is 1. The van der Waals surface area contributed by atoms with Gasteiger partial charge in [0, 0.05) is 12.1 Å². The zero-order valence-electron chi connectivity index (χ0n) is 11.0. The Kier molecular flexibility index (Phi) is 4.13. The van der Waals surface area contributed by atoms with Crippen LogP contribution in [0.4, 0.5) is 24.5 Å². The lowest BCUT2D eigenvalue weighted by molar-refractivity contribution is 0.102. The van der Waals surface area contributed by atoms with E-state index in [1.807, 2.05) is 0 Å². The maximum Gasteiger partial charge on any atom is 0.257 e. The van der Waals surface area contributed by atoms with Gasteiger partial charge in [0.05, 0.1) is 16.9 Å². The predicted octanol–water partition coefficient (Wildman–Crippen LogP) is 2.95. The SMILES string of the molecule is Cc1ccc(NN)c(C(=O)Nc2cc(F)cc(F)c2F)c1. The molecule has 4 nitrogen and oxygen atoms in total. The van der Waals surface area contributed by atoms with E-state index in [0.29, 0.717) is 17.8 Å². The number of anilines is 2. The van der Waals surface area contributed by atoms with Crippen LogP contribution in [0.5, 0.6) is 0 Å². The Bertz CT molecular complexity index is 704. The normalized spacial score (nSPS) is 10.3. The second kappa shape index (κ2) is 5.84. The molecule has 0 saturated carbocycles. The van der Waals surface area contributed by atoms with Gasteiger partial charge in [-0.3, -0.25) is 10.6 Å². The van der Waals surface area contributed by atoms with Crippen LogP contribution in [0, 0.1) is 24.4 Å². The monoisotopic (exact) mass is 295 g/mol. The van der Waals surface area contributed by atoms with E-state index in [0.717, 1.165) is 5.56 Å². The van der Waals surface area contributed by atoms with Crippen LogP contribution in [0.25, 0.3) is 0 Å². The molecule has 0 aliphatic rings. The number of hydrogen-bond donors (Lipinski definition) is 3. The third-order valence-electron chi connectivity index (χ3n) is 2.82. The molecule has 1 amide bonds. The summed E-state index contributed by atoms with van der Waals surface area (Å²) in [5.74, 6) is 0.835. The van der Waals surface area contributed by atoms with Gasteiger partial charge < -0.3 is 10.7 Å². The highest BCUT2D eigenvalue weighted by Crippen LogP contribution is 2.22. The number of benzene rings is 2. The Labute approximate surface area is 118 Å². The number of carbonyl (C=O) groups excluding carboxylic acids is 1. The molecule has 21 heavy (non-hydrogen) atoms. The number of carbonyl (C=O) groups is 1. The molecule has 7 heteroatoms. The molecule has 0 atom stereocenters. The van der Waals surface area contributed by atoms with Gasteiger partial charge in [0.2, 0.25) is 0 Å². The fourth-order valence-electron chi connectivity index (χ4n) is 1.81. The van der Waals surface area contributed by atoms with Crippen molar-refractivity contribution >= 4 is 17.3 Å². The van der Waals surface area contributed by atoms with Crippen molar-refractivity contribution in [3.8, 4) is 0 Å². The van der Waals surface area contributed by atoms with Crippen LogP contribution in [0.1, 0.15) is 15.9 Å². The topological polar surface area (TPSA) is 67.1 Å². The van der Waals surface area contributed by atoms with Crippen molar-refractivity contribution in [2.45, 2.75) is 6.92 Å². The first-order valence-corrected chi connectivity index (χ1v) is 5.95. The molecule has 0 radical (unpaired) electrons. The summed E-state index contributed by atoms with van der Waals surface area (Å²) in [6.45, 7) is 1.75. The summed E-state index contributed by atoms with van der Waals surface area (Å²) in [7, 11) is 0. The zero-order chi connectivity index (χ0) is 15.6. The number of hydrazine groups is 1. The number of aryl methyl sites for hydroxylation is 1. The van der Waals surface area contributed by atoms with Crippen molar-refractivity contribution in [1.29, 1.82) is 0 Å². The molecule has 0 spiro atoms. The average Bonchev–Trinajstić information content (AvgIpc) is 2.44. The van der Waals surface area contributed by atoms with Crippen LogP contribution < -0.4 is 16.6 Å². The van der Waals surface area contributed by atoms with Gasteiger partial charge >= 0.3 is 0 Å². The van der Waals surface area contributed by atoms with Gasteiger partial charge in [0.25, 0.3) is 5.91 Å². The van der Waals surface area contributed by atoms with E-state index in [2.05, 4.69) is 10.7 Å². The summed E-state index contributed by atoms with van der Waals surface area (Å²) in [6, 6.07) is 5.88. The summed E-state index contributed by atoms with van der Waals surface area (Å²) in [4.78, 5) is 12.1. The number of rotatable bonds is 3. The minimum absolute atomic E-state index is 0.126. The van der Waals surface area contributed by atoms with Gasteiger partial charge in [0.15, 0.2) is 11.6 Å². The fourth-order valence-corrected chi connectivity index (χ4v) is 1.81. The van der Waals surface area contributed by atoms with E-state index in [1.54, 1.807) is 19.1 Å². The van der Waals surface area contributed by atoms with Gasteiger partial charge in [0.1, 0.15) is 5.82 Å². The number of halogens is 3. The summed E-state index contributed by atoms with van der Waals surface area (Å²) < 4.78 is 39.7. The van der Waals surface area contributed by atoms with Crippen LogP contribution in [0.15, 0.2) is 30.3 Å². The molecular formula is C14H12F3N3O. The second-order valence-electron chi connectivity index (χ2n) is 4.40. The largest absolute Gasteiger partial charge is 0.323 e. The Morgan fingerprint density at radius 1 is 1.10 bits per heavy atom. The molecule has 2 aromatic carbocycles. The second-order valence-corrected chi connectivity index (χ2v) is 4.40. The molecule has 2 rings (SSSR count). The van der Waals surface area contributed by atoms with Crippen LogP contribution in [-0.4, -0.2) is 5.91 Å². The van der Waals surface area contributed by atoms with Crippen LogP contribution >= 0.6 is 0 Å². The first-order valence-electron chi connectivity index (χ1n) is 5.95. The summed E-state index contributed by atoms with van der Waals surface area (Å²) in [6.07, 6.45) is 0. The van der Waals surface area contributed by atoms with Gasteiger partial charge in [-0.05, 0) is 19.1 Å². The molecule has 0 aromatic heterocycles. The van der Waals surface area contributed by atoms with Crippen LogP contribution in [0.3, 0.4) is 0 Å². The lowest BCUT2D eigenvalue weighted by atomic mass is 10.1. The fraction of sp³-hybridized carbons (Fsp3) is 0.0714.